The predicted octanol–water partition coefficient (Wildman–Crippen LogP) is 3.85. The van der Waals surface area contributed by atoms with Crippen LogP contribution in [0.25, 0.3) is 5.69 Å². The topological polar surface area (TPSA) is 63.7 Å². The second-order valence-corrected chi connectivity index (χ2v) is 5.91. The van der Waals surface area contributed by atoms with Crippen molar-refractivity contribution in [1.29, 1.82) is 5.26 Å². The van der Waals surface area contributed by atoms with E-state index in [1.54, 1.807) is 23.9 Å². The zero-order chi connectivity index (χ0) is 15.5. The molecule has 22 heavy (non-hydrogen) atoms. The summed E-state index contributed by atoms with van der Waals surface area (Å²) in [6.07, 6.45) is 5.78. The van der Waals surface area contributed by atoms with Crippen LogP contribution in [0.3, 0.4) is 0 Å². The fraction of sp³-hybridized carbons (Fsp3) is 0.438. The van der Waals surface area contributed by atoms with Gasteiger partial charge in [0.2, 0.25) is 0 Å². The molecule has 0 radical (unpaired) electrons. The quantitative estimate of drug-likeness (QED) is 0.862. The van der Waals surface area contributed by atoms with Crippen molar-refractivity contribution in [2.24, 2.45) is 0 Å². The summed E-state index contributed by atoms with van der Waals surface area (Å²) in [5.41, 5.74) is 2.13. The molecule has 1 aromatic carbocycles. The van der Waals surface area contributed by atoms with E-state index < -0.39 is 0 Å². The Hall–Kier alpha value is -2.06. The molecule has 0 unspecified atom stereocenters. The van der Waals surface area contributed by atoms with Gasteiger partial charge in [-0.1, -0.05) is 36.1 Å². The molecule has 0 spiro atoms. The molecule has 0 aliphatic heterocycles. The van der Waals surface area contributed by atoms with Crippen molar-refractivity contribution in [1.82, 2.24) is 15.0 Å². The van der Waals surface area contributed by atoms with Crippen LogP contribution in [0.4, 0.5) is 0 Å². The van der Waals surface area contributed by atoms with Gasteiger partial charge < -0.3 is 4.74 Å². The highest BCUT2D eigenvalue weighted by molar-refractivity contribution is 6.32. The smallest absolute Gasteiger partial charge is 0.186 e. The van der Waals surface area contributed by atoms with Gasteiger partial charge in [-0.3, -0.25) is 0 Å². The maximum Gasteiger partial charge on any atom is 0.186 e. The number of methoxy groups -OCH3 is 1. The van der Waals surface area contributed by atoms with E-state index in [1.165, 1.54) is 19.3 Å². The number of hydrogen-bond acceptors (Lipinski definition) is 4. The molecule has 1 fully saturated rings. The fourth-order valence-corrected chi connectivity index (χ4v) is 3.34. The summed E-state index contributed by atoms with van der Waals surface area (Å²) >= 11 is 6.21. The summed E-state index contributed by atoms with van der Waals surface area (Å²) in [7, 11) is 1.58. The highest BCUT2D eigenvalue weighted by Gasteiger charge is 2.25. The molecule has 0 amide bonds. The van der Waals surface area contributed by atoms with Crippen LogP contribution in [-0.4, -0.2) is 22.1 Å². The Bertz CT molecular complexity index is 713. The normalized spacial score (nSPS) is 15.5. The molecule has 0 atom stereocenters. The van der Waals surface area contributed by atoms with Crippen molar-refractivity contribution < 1.29 is 4.74 Å². The molecular formula is C16H17ClN4O. The Morgan fingerprint density at radius 2 is 2.09 bits per heavy atom. The molecule has 5 nitrogen and oxygen atoms in total. The van der Waals surface area contributed by atoms with Crippen LogP contribution in [0.1, 0.15) is 49.4 Å². The van der Waals surface area contributed by atoms with Crippen molar-refractivity contribution in [3.8, 4) is 17.5 Å². The van der Waals surface area contributed by atoms with Crippen LogP contribution in [0.15, 0.2) is 18.2 Å². The second-order valence-electron chi connectivity index (χ2n) is 5.50. The third-order valence-corrected chi connectivity index (χ3v) is 4.48. The summed E-state index contributed by atoms with van der Waals surface area (Å²) in [6.45, 7) is 0. The molecule has 0 saturated heterocycles. The zero-order valence-electron chi connectivity index (χ0n) is 12.4. The third-order valence-electron chi connectivity index (χ3n) is 4.18. The van der Waals surface area contributed by atoms with Crippen LogP contribution >= 0.6 is 11.6 Å². The van der Waals surface area contributed by atoms with Crippen LogP contribution in [0.5, 0.6) is 5.75 Å². The SMILES string of the molecule is COc1ccc(-n2nnc(C#N)c2C2CCCCC2)cc1Cl. The van der Waals surface area contributed by atoms with Crippen LogP contribution in [-0.2, 0) is 0 Å². The number of nitriles is 1. The van der Waals surface area contributed by atoms with E-state index >= 15 is 0 Å². The minimum absolute atomic E-state index is 0.333. The number of nitrogens with zero attached hydrogens (tertiary/aromatic N) is 4. The molecule has 1 aliphatic carbocycles. The average molecular weight is 317 g/mol. The fourth-order valence-electron chi connectivity index (χ4n) is 3.09. The zero-order valence-corrected chi connectivity index (χ0v) is 13.2. The standard InChI is InChI=1S/C16H17ClN4O/c1-22-15-8-7-12(9-13(15)17)21-16(14(10-18)19-20-21)11-5-3-2-4-6-11/h7-9,11H,2-6H2,1H3. The summed E-state index contributed by atoms with van der Waals surface area (Å²) in [5, 5.41) is 18.1. The van der Waals surface area contributed by atoms with Crippen molar-refractivity contribution in [2.45, 2.75) is 38.0 Å². The Kier molecular flexibility index (Phi) is 4.30. The van der Waals surface area contributed by atoms with Crippen molar-refractivity contribution in [3.05, 3.63) is 34.6 Å². The van der Waals surface area contributed by atoms with Gasteiger partial charge in [0.25, 0.3) is 0 Å². The molecule has 1 saturated carbocycles. The Morgan fingerprint density at radius 1 is 1.32 bits per heavy atom. The highest BCUT2D eigenvalue weighted by atomic mass is 35.5. The predicted molar refractivity (Wildman–Crippen MR) is 83.5 cm³/mol. The van der Waals surface area contributed by atoms with Gasteiger partial charge in [0.15, 0.2) is 5.69 Å². The minimum atomic E-state index is 0.333. The highest BCUT2D eigenvalue weighted by Crippen LogP contribution is 2.35. The van der Waals surface area contributed by atoms with Crippen molar-refractivity contribution >= 4 is 11.6 Å². The van der Waals surface area contributed by atoms with Gasteiger partial charge in [-0.2, -0.15) is 5.26 Å². The first-order chi connectivity index (χ1) is 10.7. The molecule has 1 aliphatic rings. The Balaban J connectivity index is 2.05. The lowest BCUT2D eigenvalue weighted by Crippen LogP contribution is -2.12. The minimum Gasteiger partial charge on any atom is -0.495 e. The van der Waals surface area contributed by atoms with E-state index in [0.717, 1.165) is 24.2 Å². The molecule has 0 N–H and O–H groups in total. The Labute approximate surface area is 134 Å². The molecule has 1 heterocycles. The van der Waals surface area contributed by atoms with E-state index in [1.807, 2.05) is 6.07 Å². The lowest BCUT2D eigenvalue weighted by atomic mass is 9.86. The van der Waals surface area contributed by atoms with Gasteiger partial charge in [-0.15, -0.1) is 5.10 Å². The van der Waals surface area contributed by atoms with Gasteiger partial charge >= 0.3 is 0 Å². The number of hydrogen-bond donors (Lipinski definition) is 0. The van der Waals surface area contributed by atoms with E-state index in [9.17, 15) is 5.26 Å². The summed E-state index contributed by atoms with van der Waals surface area (Å²) < 4.78 is 6.93. The molecule has 6 heteroatoms. The number of benzene rings is 1. The van der Waals surface area contributed by atoms with Crippen molar-refractivity contribution in [3.63, 3.8) is 0 Å². The number of aromatic nitrogens is 3. The molecule has 2 aromatic rings. The molecular weight excluding hydrogens is 300 g/mol. The van der Waals surface area contributed by atoms with E-state index in [4.69, 9.17) is 16.3 Å². The molecule has 0 bridgehead atoms. The number of ether oxygens (including phenoxy) is 1. The second kappa shape index (κ2) is 6.37. The van der Waals surface area contributed by atoms with E-state index in [0.29, 0.717) is 22.4 Å². The maximum absolute atomic E-state index is 9.33. The average Bonchev–Trinajstić information content (AvgIpc) is 2.99. The van der Waals surface area contributed by atoms with Gasteiger partial charge in [0, 0.05) is 5.92 Å². The first-order valence-corrected chi connectivity index (χ1v) is 7.82. The third kappa shape index (κ3) is 2.67. The lowest BCUT2D eigenvalue weighted by Gasteiger charge is -2.22. The van der Waals surface area contributed by atoms with E-state index in [-0.39, 0.29) is 0 Å². The summed E-state index contributed by atoms with van der Waals surface area (Å²) in [6, 6.07) is 7.65. The van der Waals surface area contributed by atoms with E-state index in [2.05, 4.69) is 16.4 Å². The lowest BCUT2D eigenvalue weighted by molar-refractivity contribution is 0.414. The van der Waals surface area contributed by atoms with Gasteiger partial charge in [-0.05, 0) is 31.0 Å². The van der Waals surface area contributed by atoms with Gasteiger partial charge in [0.1, 0.15) is 11.8 Å². The molecule has 1 aromatic heterocycles. The maximum atomic E-state index is 9.33. The molecule has 3 rings (SSSR count). The first-order valence-electron chi connectivity index (χ1n) is 7.44. The summed E-state index contributed by atoms with van der Waals surface area (Å²) in [5.74, 6) is 0.949. The largest absolute Gasteiger partial charge is 0.495 e. The Morgan fingerprint density at radius 3 is 2.73 bits per heavy atom. The van der Waals surface area contributed by atoms with Crippen LogP contribution in [0.2, 0.25) is 5.02 Å². The van der Waals surface area contributed by atoms with Crippen molar-refractivity contribution in [2.75, 3.05) is 7.11 Å². The van der Waals surface area contributed by atoms with Gasteiger partial charge in [-0.25, -0.2) is 4.68 Å². The number of rotatable bonds is 3. The summed E-state index contributed by atoms with van der Waals surface area (Å²) in [4.78, 5) is 0. The first kappa shape index (κ1) is 14.9. The van der Waals surface area contributed by atoms with Crippen LogP contribution in [0, 0.1) is 11.3 Å². The van der Waals surface area contributed by atoms with Crippen LogP contribution < -0.4 is 4.74 Å². The number of halogens is 1. The van der Waals surface area contributed by atoms with Gasteiger partial charge in [0.05, 0.1) is 23.5 Å². The monoisotopic (exact) mass is 316 g/mol. The molecule has 114 valence electrons.